The van der Waals surface area contributed by atoms with Crippen molar-refractivity contribution in [2.45, 2.75) is 52.6 Å². The Balaban J connectivity index is 2.44. The number of rotatable bonds is 13. The normalized spacial score (nSPS) is 12.0. The Morgan fingerprint density at radius 1 is 1.09 bits per heavy atom. The highest BCUT2D eigenvalue weighted by molar-refractivity contribution is 7.92. The van der Waals surface area contributed by atoms with Crippen molar-refractivity contribution in [1.29, 1.82) is 0 Å². The summed E-state index contributed by atoms with van der Waals surface area (Å²) in [6.45, 7) is 5.96. The van der Waals surface area contributed by atoms with Gasteiger partial charge in [-0.15, -0.1) is 0 Å². The quantitative estimate of drug-likeness (QED) is 0.422. The van der Waals surface area contributed by atoms with Gasteiger partial charge in [0.05, 0.1) is 19.1 Å². The maximum Gasteiger partial charge on any atom is 0.244 e. The molecule has 0 aliphatic heterocycles. The van der Waals surface area contributed by atoms with Gasteiger partial charge in [0.1, 0.15) is 18.3 Å². The summed E-state index contributed by atoms with van der Waals surface area (Å²) in [6.07, 6.45) is 3.22. The van der Waals surface area contributed by atoms with Crippen LogP contribution in [-0.2, 0) is 26.2 Å². The van der Waals surface area contributed by atoms with Crippen LogP contribution in [0.4, 0.5) is 5.69 Å². The number of methoxy groups -OCH3 is 1. The van der Waals surface area contributed by atoms with Gasteiger partial charge in [0.15, 0.2) is 0 Å². The van der Waals surface area contributed by atoms with Crippen LogP contribution in [-0.4, -0.2) is 57.6 Å². The van der Waals surface area contributed by atoms with Gasteiger partial charge in [-0.05, 0) is 43.0 Å². The number of carbonyl (C=O) groups is 2. The van der Waals surface area contributed by atoms with Gasteiger partial charge in [0, 0.05) is 13.1 Å². The van der Waals surface area contributed by atoms with E-state index in [0.717, 1.165) is 34.5 Å². The molecule has 0 radical (unpaired) electrons. The molecular formula is C26H37N3O5S. The van der Waals surface area contributed by atoms with Crippen LogP contribution < -0.4 is 14.4 Å². The first-order chi connectivity index (χ1) is 16.6. The highest BCUT2D eigenvalue weighted by Gasteiger charge is 2.32. The van der Waals surface area contributed by atoms with Crippen LogP contribution in [0.25, 0.3) is 0 Å². The molecule has 0 fully saturated rings. The molecule has 35 heavy (non-hydrogen) atoms. The fraction of sp³-hybridized carbons (Fsp3) is 0.462. The van der Waals surface area contributed by atoms with Crippen LogP contribution in [0.2, 0.25) is 0 Å². The maximum absolute atomic E-state index is 13.7. The largest absolute Gasteiger partial charge is 0.495 e. The number of amides is 2. The molecule has 192 valence electrons. The molecule has 2 rings (SSSR count). The first-order valence-electron chi connectivity index (χ1n) is 11.9. The van der Waals surface area contributed by atoms with E-state index in [9.17, 15) is 18.0 Å². The third-order valence-electron chi connectivity index (χ3n) is 5.69. The zero-order valence-electron chi connectivity index (χ0n) is 21.3. The lowest BCUT2D eigenvalue weighted by Crippen LogP contribution is -2.52. The van der Waals surface area contributed by atoms with Gasteiger partial charge in [-0.3, -0.25) is 13.9 Å². The van der Waals surface area contributed by atoms with Gasteiger partial charge in [0.25, 0.3) is 0 Å². The average Bonchev–Trinajstić information content (AvgIpc) is 2.82. The number of ether oxygens (including phenoxy) is 1. The van der Waals surface area contributed by atoms with E-state index < -0.39 is 28.5 Å². The third-order valence-corrected chi connectivity index (χ3v) is 6.82. The van der Waals surface area contributed by atoms with E-state index in [4.69, 9.17) is 4.74 Å². The van der Waals surface area contributed by atoms with Gasteiger partial charge in [-0.2, -0.15) is 0 Å². The number of nitrogens with one attached hydrogen (secondary N) is 1. The summed E-state index contributed by atoms with van der Waals surface area (Å²) in [5, 5.41) is 2.91. The van der Waals surface area contributed by atoms with Gasteiger partial charge < -0.3 is 15.0 Å². The number of anilines is 1. The van der Waals surface area contributed by atoms with Gasteiger partial charge in [0.2, 0.25) is 21.8 Å². The van der Waals surface area contributed by atoms with Crippen LogP contribution in [0.5, 0.6) is 5.75 Å². The summed E-state index contributed by atoms with van der Waals surface area (Å²) in [5.74, 6) is -0.377. The van der Waals surface area contributed by atoms with E-state index in [-0.39, 0.29) is 18.1 Å². The smallest absolute Gasteiger partial charge is 0.244 e. The monoisotopic (exact) mass is 503 g/mol. The molecule has 0 spiro atoms. The standard InChI is InChI=1S/C26H37N3O5S/c1-6-8-16-27-26(31)22(7-2)28(18-21-12-10-9-11-13-21)25(30)19-29(35(5,32)33)23-17-20(3)14-15-24(23)34-4/h9-15,17,22H,6-8,16,18-19H2,1-5H3,(H,27,31). The van der Waals surface area contributed by atoms with Crippen LogP contribution in [0, 0.1) is 6.92 Å². The van der Waals surface area contributed by atoms with Crippen LogP contribution >= 0.6 is 0 Å². The molecule has 0 saturated carbocycles. The highest BCUT2D eigenvalue weighted by Crippen LogP contribution is 2.31. The van der Waals surface area contributed by atoms with Crippen molar-refractivity contribution in [3.8, 4) is 5.75 Å². The third kappa shape index (κ3) is 7.99. The molecule has 0 aromatic heterocycles. The molecule has 0 aliphatic rings. The SMILES string of the molecule is CCCCNC(=O)C(CC)N(Cc1ccccc1)C(=O)CN(c1cc(C)ccc1OC)S(C)(=O)=O. The zero-order chi connectivity index (χ0) is 26.0. The fourth-order valence-corrected chi connectivity index (χ4v) is 4.64. The maximum atomic E-state index is 13.7. The minimum absolute atomic E-state index is 0.182. The summed E-state index contributed by atoms with van der Waals surface area (Å²) in [5.41, 5.74) is 1.95. The molecule has 8 nitrogen and oxygen atoms in total. The number of hydrogen-bond donors (Lipinski definition) is 1. The lowest BCUT2D eigenvalue weighted by molar-refractivity contribution is -0.140. The van der Waals surface area contributed by atoms with E-state index in [1.807, 2.05) is 51.1 Å². The molecular weight excluding hydrogens is 466 g/mol. The van der Waals surface area contributed by atoms with Crippen molar-refractivity contribution in [3.05, 3.63) is 59.7 Å². The predicted molar refractivity (Wildman–Crippen MR) is 139 cm³/mol. The van der Waals surface area contributed by atoms with Crippen molar-refractivity contribution < 1.29 is 22.7 Å². The summed E-state index contributed by atoms with van der Waals surface area (Å²) in [4.78, 5) is 28.2. The van der Waals surface area contributed by atoms with Gasteiger partial charge in [-0.25, -0.2) is 8.42 Å². The second kappa shape index (κ2) is 13.1. The molecule has 1 atom stereocenters. The van der Waals surface area contributed by atoms with Crippen LogP contribution in [0.3, 0.4) is 0 Å². The highest BCUT2D eigenvalue weighted by atomic mass is 32.2. The number of aryl methyl sites for hydroxylation is 1. The summed E-state index contributed by atoms with van der Waals surface area (Å²) >= 11 is 0. The second-order valence-corrected chi connectivity index (χ2v) is 10.4. The Kier molecular flexibility index (Phi) is 10.6. The molecule has 2 amide bonds. The molecule has 0 heterocycles. The lowest BCUT2D eigenvalue weighted by Gasteiger charge is -2.33. The van der Waals surface area contributed by atoms with E-state index >= 15 is 0 Å². The number of sulfonamides is 1. The lowest BCUT2D eigenvalue weighted by atomic mass is 10.1. The Labute approximate surface area is 209 Å². The van der Waals surface area contributed by atoms with Crippen molar-refractivity contribution in [3.63, 3.8) is 0 Å². The van der Waals surface area contributed by atoms with E-state index in [1.165, 1.54) is 12.0 Å². The van der Waals surface area contributed by atoms with E-state index in [2.05, 4.69) is 5.32 Å². The number of nitrogens with zero attached hydrogens (tertiary/aromatic N) is 2. The molecule has 2 aromatic rings. The van der Waals surface area contributed by atoms with Crippen LogP contribution in [0.1, 0.15) is 44.2 Å². The summed E-state index contributed by atoms with van der Waals surface area (Å²) < 4.78 is 32.0. The van der Waals surface area contributed by atoms with Crippen molar-refractivity contribution in [1.82, 2.24) is 10.2 Å². The van der Waals surface area contributed by atoms with E-state index in [1.54, 1.807) is 18.2 Å². The number of benzene rings is 2. The van der Waals surface area contributed by atoms with E-state index in [0.29, 0.717) is 18.7 Å². The minimum Gasteiger partial charge on any atom is -0.495 e. The number of carbonyl (C=O) groups excluding carboxylic acids is 2. The van der Waals surface area contributed by atoms with Crippen molar-refractivity contribution in [2.24, 2.45) is 0 Å². The average molecular weight is 504 g/mol. The Morgan fingerprint density at radius 2 is 1.77 bits per heavy atom. The summed E-state index contributed by atoms with van der Waals surface area (Å²) in [6, 6.07) is 13.8. The Morgan fingerprint density at radius 3 is 2.34 bits per heavy atom. The predicted octanol–water partition coefficient (Wildman–Crippen LogP) is 3.49. The molecule has 0 bridgehead atoms. The molecule has 1 unspecified atom stereocenters. The topological polar surface area (TPSA) is 96.0 Å². The number of unbranched alkanes of at least 4 members (excludes halogenated alkanes) is 1. The summed E-state index contributed by atoms with van der Waals surface area (Å²) in [7, 11) is -2.38. The first-order valence-corrected chi connectivity index (χ1v) is 13.7. The van der Waals surface area contributed by atoms with Crippen LogP contribution in [0.15, 0.2) is 48.5 Å². The first kappa shape index (κ1) is 28.2. The van der Waals surface area contributed by atoms with Crippen molar-refractivity contribution in [2.75, 3.05) is 30.8 Å². The Hall–Kier alpha value is -3.07. The molecule has 2 aromatic carbocycles. The molecule has 0 aliphatic carbocycles. The van der Waals surface area contributed by atoms with Gasteiger partial charge in [-0.1, -0.05) is 56.7 Å². The van der Waals surface area contributed by atoms with Gasteiger partial charge >= 0.3 is 0 Å². The molecule has 0 saturated heterocycles. The Bertz CT molecular complexity index is 1090. The second-order valence-electron chi connectivity index (χ2n) is 8.52. The fourth-order valence-electron chi connectivity index (χ4n) is 3.80. The minimum atomic E-state index is -3.83. The zero-order valence-corrected chi connectivity index (χ0v) is 22.1. The number of hydrogen-bond acceptors (Lipinski definition) is 5. The molecule has 9 heteroatoms. The molecule has 1 N–H and O–H groups in total. The van der Waals surface area contributed by atoms with Crippen molar-refractivity contribution >= 4 is 27.5 Å².